The highest BCUT2D eigenvalue weighted by molar-refractivity contribution is 6.08. The molecule has 2 rings (SSSR count). The number of hydrogen-bond donors (Lipinski definition) is 0. The first-order chi connectivity index (χ1) is 10.9. The molecule has 0 bridgehead atoms. The number of ketones is 1. The topological polar surface area (TPSA) is 87.3 Å². The molecule has 0 N–H and O–H groups in total. The molecule has 9 heteroatoms. The van der Waals surface area contributed by atoms with E-state index < -0.39 is 23.0 Å². The Morgan fingerprint density at radius 2 is 2.13 bits per heavy atom. The Morgan fingerprint density at radius 3 is 2.78 bits per heavy atom. The molecule has 120 valence electrons. The molecular weight excluding hydrogens is 312 g/mol. The summed E-state index contributed by atoms with van der Waals surface area (Å²) in [6, 6.07) is 5.86. The number of aryl methyl sites for hydroxylation is 1. The number of nitrogens with zero attached hydrogens (tertiary/aromatic N) is 3. The summed E-state index contributed by atoms with van der Waals surface area (Å²) in [6.45, 7) is -3.00. The van der Waals surface area contributed by atoms with Crippen molar-refractivity contribution in [3.63, 3.8) is 0 Å². The Hall–Kier alpha value is -3.10. The number of nitro groups is 1. The van der Waals surface area contributed by atoms with Crippen molar-refractivity contribution in [2.75, 3.05) is 0 Å². The van der Waals surface area contributed by atoms with Crippen LogP contribution in [0, 0.1) is 10.1 Å². The highest BCUT2D eigenvalue weighted by Gasteiger charge is 2.23. The molecule has 2 aromatic rings. The van der Waals surface area contributed by atoms with E-state index in [-0.39, 0.29) is 17.0 Å². The van der Waals surface area contributed by atoms with E-state index in [0.717, 1.165) is 17.0 Å². The SMILES string of the molecule is Cn1cc([N+](=O)[O-])c(C(=O)/C=C/c2ccccc2OC(F)F)n1. The fraction of sp³-hybridized carbons (Fsp3) is 0.143. The Balaban J connectivity index is 2.27. The van der Waals surface area contributed by atoms with Gasteiger partial charge >= 0.3 is 12.3 Å². The third-order valence-corrected chi connectivity index (χ3v) is 2.79. The lowest BCUT2D eigenvalue weighted by Gasteiger charge is -2.06. The summed E-state index contributed by atoms with van der Waals surface area (Å²) in [5.41, 5.74) is -0.528. The van der Waals surface area contributed by atoms with Gasteiger partial charge in [0.05, 0.1) is 4.92 Å². The van der Waals surface area contributed by atoms with E-state index in [0.29, 0.717) is 0 Å². The zero-order chi connectivity index (χ0) is 17.0. The lowest BCUT2D eigenvalue weighted by molar-refractivity contribution is -0.385. The van der Waals surface area contributed by atoms with Gasteiger partial charge in [-0.05, 0) is 18.2 Å². The number of hydrogen-bond acceptors (Lipinski definition) is 5. The van der Waals surface area contributed by atoms with E-state index in [2.05, 4.69) is 9.84 Å². The molecule has 1 aromatic carbocycles. The fourth-order valence-corrected chi connectivity index (χ4v) is 1.85. The molecule has 0 radical (unpaired) electrons. The second-order valence-corrected chi connectivity index (χ2v) is 4.41. The van der Waals surface area contributed by atoms with Gasteiger partial charge in [-0.1, -0.05) is 18.2 Å². The molecule has 0 unspecified atom stereocenters. The Labute approximate surface area is 128 Å². The van der Waals surface area contributed by atoms with Crippen molar-refractivity contribution in [1.82, 2.24) is 9.78 Å². The molecule has 0 aliphatic heterocycles. The van der Waals surface area contributed by atoms with Crippen molar-refractivity contribution in [2.24, 2.45) is 7.05 Å². The molecule has 0 fully saturated rings. The molecule has 0 saturated heterocycles. The van der Waals surface area contributed by atoms with Gasteiger partial charge in [0.15, 0.2) is 0 Å². The first-order valence-corrected chi connectivity index (χ1v) is 6.32. The van der Waals surface area contributed by atoms with E-state index in [1.54, 1.807) is 6.07 Å². The van der Waals surface area contributed by atoms with Crippen LogP contribution in [0.5, 0.6) is 5.75 Å². The van der Waals surface area contributed by atoms with Crippen LogP contribution in [0.3, 0.4) is 0 Å². The molecule has 0 atom stereocenters. The first kappa shape index (κ1) is 16.3. The zero-order valence-corrected chi connectivity index (χ0v) is 11.8. The van der Waals surface area contributed by atoms with Crippen LogP contribution in [0.4, 0.5) is 14.5 Å². The summed E-state index contributed by atoms with van der Waals surface area (Å²) in [4.78, 5) is 22.2. The number of para-hydroxylation sites is 1. The summed E-state index contributed by atoms with van der Waals surface area (Å²) in [7, 11) is 1.44. The molecule has 0 aliphatic rings. The molecule has 0 spiro atoms. The number of rotatable bonds is 6. The Kier molecular flexibility index (Phi) is 4.79. The molecule has 1 aromatic heterocycles. The minimum Gasteiger partial charge on any atom is -0.434 e. The van der Waals surface area contributed by atoms with Crippen molar-refractivity contribution >= 4 is 17.5 Å². The van der Waals surface area contributed by atoms with Crippen molar-refractivity contribution < 1.29 is 23.2 Å². The molecule has 0 amide bonds. The summed E-state index contributed by atoms with van der Waals surface area (Å²) in [6.07, 6.45) is 3.36. The zero-order valence-electron chi connectivity index (χ0n) is 11.8. The maximum Gasteiger partial charge on any atom is 0.387 e. The second-order valence-electron chi connectivity index (χ2n) is 4.41. The quantitative estimate of drug-likeness (QED) is 0.353. The highest BCUT2D eigenvalue weighted by Crippen LogP contribution is 2.22. The maximum atomic E-state index is 12.3. The van der Waals surface area contributed by atoms with Gasteiger partial charge in [-0.25, -0.2) is 0 Å². The number of ether oxygens (including phenoxy) is 1. The fourth-order valence-electron chi connectivity index (χ4n) is 1.85. The summed E-state index contributed by atoms with van der Waals surface area (Å²) in [5.74, 6) is -0.828. The maximum absolute atomic E-state index is 12.3. The van der Waals surface area contributed by atoms with Gasteiger partial charge in [0.2, 0.25) is 11.5 Å². The van der Waals surface area contributed by atoms with Crippen LogP contribution >= 0.6 is 0 Å². The van der Waals surface area contributed by atoms with Gasteiger partial charge < -0.3 is 4.74 Å². The average Bonchev–Trinajstić information content (AvgIpc) is 2.88. The van der Waals surface area contributed by atoms with Gasteiger partial charge in [0, 0.05) is 12.6 Å². The van der Waals surface area contributed by atoms with Crippen LogP contribution in [0.15, 0.2) is 36.5 Å². The van der Waals surface area contributed by atoms with E-state index in [4.69, 9.17) is 0 Å². The number of benzene rings is 1. The number of alkyl halides is 2. The number of carbonyl (C=O) groups excluding carboxylic acids is 1. The van der Waals surface area contributed by atoms with Gasteiger partial charge in [0.25, 0.3) is 0 Å². The standard InChI is InChI=1S/C14H11F2N3O4/c1-18-8-10(19(21)22)13(17-18)11(20)7-6-9-4-2-3-5-12(9)23-14(15)16/h2-8,14H,1H3/b7-6+. The normalized spacial score (nSPS) is 11.1. The monoisotopic (exact) mass is 323 g/mol. The highest BCUT2D eigenvalue weighted by atomic mass is 19.3. The van der Waals surface area contributed by atoms with Gasteiger partial charge in [-0.2, -0.15) is 13.9 Å². The smallest absolute Gasteiger partial charge is 0.387 e. The van der Waals surface area contributed by atoms with Crippen LogP contribution in [-0.2, 0) is 7.05 Å². The summed E-state index contributed by atoms with van der Waals surface area (Å²) in [5, 5.41) is 14.6. The van der Waals surface area contributed by atoms with Crippen LogP contribution < -0.4 is 4.74 Å². The van der Waals surface area contributed by atoms with Crippen LogP contribution in [-0.4, -0.2) is 27.1 Å². The van der Waals surface area contributed by atoms with Gasteiger partial charge in [0.1, 0.15) is 11.9 Å². The van der Waals surface area contributed by atoms with E-state index in [9.17, 15) is 23.7 Å². The summed E-state index contributed by atoms with van der Waals surface area (Å²) >= 11 is 0. The van der Waals surface area contributed by atoms with Crippen molar-refractivity contribution in [1.29, 1.82) is 0 Å². The lowest BCUT2D eigenvalue weighted by atomic mass is 10.1. The largest absolute Gasteiger partial charge is 0.434 e. The predicted molar refractivity (Wildman–Crippen MR) is 76.3 cm³/mol. The molecule has 7 nitrogen and oxygen atoms in total. The predicted octanol–water partition coefficient (Wildman–Crippen LogP) is 2.83. The van der Waals surface area contributed by atoms with Gasteiger partial charge in [-0.15, -0.1) is 0 Å². The number of aromatic nitrogens is 2. The molecule has 23 heavy (non-hydrogen) atoms. The van der Waals surface area contributed by atoms with Crippen LogP contribution in [0.2, 0.25) is 0 Å². The van der Waals surface area contributed by atoms with Crippen molar-refractivity contribution in [3.05, 3.63) is 57.9 Å². The van der Waals surface area contributed by atoms with Crippen LogP contribution in [0.25, 0.3) is 6.08 Å². The number of carbonyl (C=O) groups is 1. The first-order valence-electron chi connectivity index (χ1n) is 6.32. The van der Waals surface area contributed by atoms with E-state index in [1.807, 2.05) is 0 Å². The Morgan fingerprint density at radius 1 is 1.43 bits per heavy atom. The molecule has 1 heterocycles. The summed E-state index contributed by atoms with van der Waals surface area (Å²) < 4.78 is 30.1. The van der Waals surface area contributed by atoms with Crippen LogP contribution in [0.1, 0.15) is 16.1 Å². The molecule has 0 saturated carbocycles. The van der Waals surface area contributed by atoms with Crippen molar-refractivity contribution in [3.8, 4) is 5.75 Å². The minimum atomic E-state index is -3.00. The Bertz CT molecular complexity index is 771. The average molecular weight is 323 g/mol. The number of halogens is 2. The third-order valence-electron chi connectivity index (χ3n) is 2.79. The van der Waals surface area contributed by atoms with Crippen molar-refractivity contribution in [2.45, 2.75) is 6.61 Å². The minimum absolute atomic E-state index is 0.109. The number of allylic oxidation sites excluding steroid dienone is 1. The third kappa shape index (κ3) is 3.96. The molecular formula is C14H11F2N3O4. The van der Waals surface area contributed by atoms with E-state index >= 15 is 0 Å². The van der Waals surface area contributed by atoms with E-state index in [1.165, 1.54) is 31.3 Å². The lowest BCUT2D eigenvalue weighted by Crippen LogP contribution is -2.03. The van der Waals surface area contributed by atoms with Gasteiger partial charge in [-0.3, -0.25) is 19.6 Å². The second kappa shape index (κ2) is 6.77. The molecule has 0 aliphatic carbocycles.